The second-order valence-electron chi connectivity index (χ2n) is 2.51. The lowest BCUT2D eigenvalue weighted by molar-refractivity contribution is 1.08. The highest BCUT2D eigenvalue weighted by molar-refractivity contribution is 8.23. The minimum absolute atomic E-state index is 0.694. The number of hydrogen-bond donors (Lipinski definition) is 1. The standard InChI is InChI=1S/C10H10ClNS2/c1-2-7-12-10(13)14-9-5-3-8(11)4-6-9/h2-6H,1,7H2,(H,12,13). The number of halogens is 1. The van der Waals surface area contributed by atoms with E-state index in [1.54, 1.807) is 6.08 Å². The predicted octanol–water partition coefficient (Wildman–Crippen LogP) is 3.49. The molecule has 0 bridgehead atoms. The molecule has 0 radical (unpaired) electrons. The van der Waals surface area contributed by atoms with Gasteiger partial charge in [0.25, 0.3) is 0 Å². The van der Waals surface area contributed by atoms with Gasteiger partial charge >= 0.3 is 0 Å². The van der Waals surface area contributed by atoms with Crippen LogP contribution < -0.4 is 5.32 Å². The van der Waals surface area contributed by atoms with Gasteiger partial charge < -0.3 is 5.32 Å². The van der Waals surface area contributed by atoms with Crippen molar-refractivity contribution in [2.75, 3.05) is 6.54 Å². The Kier molecular flexibility index (Phi) is 5.01. The number of hydrogen-bond acceptors (Lipinski definition) is 2. The zero-order chi connectivity index (χ0) is 10.4. The molecule has 1 aromatic rings. The van der Waals surface area contributed by atoms with E-state index in [1.807, 2.05) is 24.3 Å². The maximum atomic E-state index is 5.76. The molecule has 14 heavy (non-hydrogen) atoms. The first-order chi connectivity index (χ1) is 6.72. The fourth-order valence-electron chi connectivity index (χ4n) is 0.801. The summed E-state index contributed by atoms with van der Waals surface area (Å²) in [4.78, 5) is 1.08. The van der Waals surface area contributed by atoms with Crippen LogP contribution in [0, 0.1) is 0 Å². The van der Waals surface area contributed by atoms with Crippen molar-refractivity contribution >= 4 is 39.9 Å². The highest BCUT2D eigenvalue weighted by atomic mass is 35.5. The van der Waals surface area contributed by atoms with E-state index < -0.39 is 0 Å². The molecule has 0 aliphatic heterocycles. The van der Waals surface area contributed by atoms with Crippen molar-refractivity contribution in [1.82, 2.24) is 5.32 Å². The first-order valence-electron chi connectivity index (χ1n) is 4.04. The van der Waals surface area contributed by atoms with E-state index in [0.29, 0.717) is 6.54 Å². The lowest BCUT2D eigenvalue weighted by Crippen LogP contribution is -2.17. The second kappa shape index (κ2) is 6.06. The van der Waals surface area contributed by atoms with Crippen molar-refractivity contribution in [2.24, 2.45) is 0 Å². The molecule has 0 aliphatic carbocycles. The molecule has 0 fully saturated rings. The van der Waals surface area contributed by atoms with Crippen LogP contribution in [0.4, 0.5) is 0 Å². The molecule has 74 valence electrons. The summed E-state index contributed by atoms with van der Waals surface area (Å²) < 4.78 is 0.743. The highest BCUT2D eigenvalue weighted by Gasteiger charge is 1.98. The van der Waals surface area contributed by atoms with Gasteiger partial charge in [0.15, 0.2) is 0 Å². The van der Waals surface area contributed by atoms with Crippen LogP contribution in [-0.2, 0) is 0 Å². The molecular weight excluding hydrogens is 234 g/mol. The fourth-order valence-corrected chi connectivity index (χ4v) is 1.94. The summed E-state index contributed by atoms with van der Waals surface area (Å²) >= 11 is 12.4. The van der Waals surface area contributed by atoms with Gasteiger partial charge in [-0.05, 0) is 24.3 Å². The van der Waals surface area contributed by atoms with Crippen molar-refractivity contribution in [3.05, 3.63) is 41.9 Å². The molecule has 0 saturated heterocycles. The van der Waals surface area contributed by atoms with E-state index in [1.165, 1.54) is 11.8 Å². The largest absolute Gasteiger partial charge is 0.367 e. The average molecular weight is 244 g/mol. The van der Waals surface area contributed by atoms with Gasteiger partial charge in [0.1, 0.15) is 4.32 Å². The third-order valence-electron chi connectivity index (χ3n) is 1.41. The Morgan fingerprint density at radius 2 is 2.14 bits per heavy atom. The first-order valence-corrected chi connectivity index (χ1v) is 5.65. The number of thiocarbonyl (C=S) groups is 1. The molecule has 4 heteroatoms. The average Bonchev–Trinajstić information content (AvgIpc) is 2.18. The summed E-state index contributed by atoms with van der Waals surface area (Å²) in [6.45, 7) is 4.30. The van der Waals surface area contributed by atoms with Gasteiger partial charge in [-0.2, -0.15) is 0 Å². The summed E-state index contributed by atoms with van der Waals surface area (Å²) in [5.74, 6) is 0. The van der Waals surface area contributed by atoms with Gasteiger partial charge in [0.2, 0.25) is 0 Å². The third-order valence-corrected chi connectivity index (χ3v) is 2.90. The van der Waals surface area contributed by atoms with E-state index in [2.05, 4.69) is 11.9 Å². The lowest BCUT2D eigenvalue weighted by atomic mass is 10.4. The smallest absolute Gasteiger partial charge is 0.138 e. The molecule has 1 rings (SSSR count). The molecule has 0 spiro atoms. The van der Waals surface area contributed by atoms with Crippen molar-refractivity contribution in [3.63, 3.8) is 0 Å². The Bertz CT molecular complexity index is 321. The molecule has 1 N–H and O–H groups in total. The molecule has 0 saturated carbocycles. The molecule has 0 unspecified atom stereocenters. The zero-order valence-electron chi connectivity index (χ0n) is 7.50. The molecule has 1 nitrogen and oxygen atoms in total. The van der Waals surface area contributed by atoms with E-state index in [-0.39, 0.29) is 0 Å². The first kappa shape index (κ1) is 11.6. The Hall–Kier alpha value is -0.510. The quantitative estimate of drug-likeness (QED) is 0.496. The number of benzene rings is 1. The number of thioether (sulfide) groups is 1. The van der Waals surface area contributed by atoms with Gasteiger partial charge in [-0.15, -0.1) is 6.58 Å². The van der Waals surface area contributed by atoms with Gasteiger partial charge in [-0.3, -0.25) is 0 Å². The Balaban J connectivity index is 2.47. The van der Waals surface area contributed by atoms with Crippen molar-refractivity contribution < 1.29 is 0 Å². The SMILES string of the molecule is C=CCNC(=S)Sc1ccc(Cl)cc1. The summed E-state index contributed by atoms with van der Waals surface area (Å²) in [5.41, 5.74) is 0. The van der Waals surface area contributed by atoms with Crippen molar-refractivity contribution in [1.29, 1.82) is 0 Å². The molecule has 0 amide bonds. The molecule has 0 aliphatic rings. The second-order valence-corrected chi connectivity index (χ2v) is 4.70. The number of rotatable bonds is 3. The van der Waals surface area contributed by atoms with Crippen LogP contribution in [0.2, 0.25) is 5.02 Å². The van der Waals surface area contributed by atoms with Crippen LogP contribution in [0.3, 0.4) is 0 Å². The molecule has 0 heterocycles. The van der Waals surface area contributed by atoms with Crippen LogP contribution in [-0.4, -0.2) is 10.9 Å². The van der Waals surface area contributed by atoms with E-state index in [0.717, 1.165) is 14.2 Å². The lowest BCUT2D eigenvalue weighted by Gasteiger charge is -2.04. The van der Waals surface area contributed by atoms with Gasteiger partial charge in [0.05, 0.1) is 0 Å². The maximum absolute atomic E-state index is 5.76. The summed E-state index contributed by atoms with van der Waals surface area (Å²) in [6, 6.07) is 7.57. The Labute approximate surface area is 98.5 Å². The molecule has 1 aromatic carbocycles. The normalized spacial score (nSPS) is 9.50. The topological polar surface area (TPSA) is 12.0 Å². The van der Waals surface area contributed by atoms with Gasteiger partial charge in [-0.1, -0.05) is 41.7 Å². The Morgan fingerprint density at radius 3 is 2.71 bits per heavy atom. The van der Waals surface area contributed by atoms with E-state index in [4.69, 9.17) is 23.8 Å². The van der Waals surface area contributed by atoms with Crippen LogP contribution in [0.5, 0.6) is 0 Å². The minimum atomic E-state index is 0.694. The van der Waals surface area contributed by atoms with Gasteiger partial charge in [0, 0.05) is 16.5 Å². The molecule has 0 atom stereocenters. The summed E-state index contributed by atoms with van der Waals surface area (Å²) in [5, 5.41) is 3.77. The highest BCUT2D eigenvalue weighted by Crippen LogP contribution is 2.20. The van der Waals surface area contributed by atoms with E-state index >= 15 is 0 Å². The van der Waals surface area contributed by atoms with Crippen LogP contribution in [0.15, 0.2) is 41.8 Å². The van der Waals surface area contributed by atoms with Crippen LogP contribution >= 0.6 is 35.6 Å². The minimum Gasteiger partial charge on any atom is -0.367 e. The Morgan fingerprint density at radius 1 is 1.50 bits per heavy atom. The zero-order valence-corrected chi connectivity index (χ0v) is 9.88. The fraction of sp³-hybridized carbons (Fsp3) is 0.100. The predicted molar refractivity (Wildman–Crippen MR) is 68.1 cm³/mol. The van der Waals surface area contributed by atoms with Crippen molar-refractivity contribution in [2.45, 2.75) is 4.90 Å². The van der Waals surface area contributed by atoms with Crippen LogP contribution in [0.25, 0.3) is 0 Å². The van der Waals surface area contributed by atoms with Gasteiger partial charge in [-0.25, -0.2) is 0 Å². The van der Waals surface area contributed by atoms with Crippen LogP contribution in [0.1, 0.15) is 0 Å². The maximum Gasteiger partial charge on any atom is 0.138 e. The monoisotopic (exact) mass is 243 g/mol. The summed E-state index contributed by atoms with van der Waals surface area (Å²) in [7, 11) is 0. The number of nitrogens with one attached hydrogen (secondary N) is 1. The van der Waals surface area contributed by atoms with E-state index in [9.17, 15) is 0 Å². The molecule has 0 aromatic heterocycles. The third kappa shape index (κ3) is 4.13. The van der Waals surface area contributed by atoms with Crippen molar-refractivity contribution in [3.8, 4) is 0 Å². The molecular formula is C10H10ClNS2. The summed E-state index contributed by atoms with van der Waals surface area (Å²) in [6.07, 6.45) is 1.77.